The quantitative estimate of drug-likeness (QED) is 0.742. The predicted octanol–water partition coefficient (Wildman–Crippen LogP) is 3.10. The van der Waals surface area contributed by atoms with E-state index in [0.717, 1.165) is 0 Å². The van der Waals surface area contributed by atoms with Gasteiger partial charge in [0.05, 0.1) is 18.3 Å². The van der Waals surface area contributed by atoms with E-state index < -0.39 is 11.8 Å². The van der Waals surface area contributed by atoms with Crippen LogP contribution in [0.25, 0.3) is 0 Å². The first-order valence-corrected chi connectivity index (χ1v) is 5.67. The highest BCUT2D eigenvalue weighted by Crippen LogP contribution is 2.20. The first-order valence-electron chi connectivity index (χ1n) is 5.67. The van der Waals surface area contributed by atoms with Crippen LogP contribution >= 0.6 is 0 Å². The number of ether oxygens (including phenoxy) is 2. The summed E-state index contributed by atoms with van der Waals surface area (Å²) in [6.45, 7) is 6.19. The van der Waals surface area contributed by atoms with Crippen LogP contribution in [0, 0.1) is 5.82 Å². The molecule has 0 saturated heterocycles. The van der Waals surface area contributed by atoms with Crippen molar-refractivity contribution < 1.29 is 18.7 Å². The summed E-state index contributed by atoms with van der Waals surface area (Å²) in [4.78, 5) is 11.5. The highest BCUT2D eigenvalue weighted by molar-refractivity contribution is 5.89. The van der Waals surface area contributed by atoms with Crippen LogP contribution in [0.5, 0.6) is 0 Å². The minimum atomic E-state index is -0.517. The van der Waals surface area contributed by atoms with Gasteiger partial charge in [-0.25, -0.2) is 9.18 Å². The molecule has 17 heavy (non-hydrogen) atoms. The molecule has 1 aromatic rings. The summed E-state index contributed by atoms with van der Waals surface area (Å²) in [6, 6.07) is 4.13. The van der Waals surface area contributed by atoms with Crippen LogP contribution in [0.3, 0.4) is 0 Å². The van der Waals surface area contributed by atoms with Gasteiger partial charge in [-0.1, -0.05) is 0 Å². The van der Waals surface area contributed by atoms with Crippen LogP contribution in [0.1, 0.15) is 42.8 Å². The fourth-order valence-corrected chi connectivity index (χ4v) is 1.53. The number of rotatable bonds is 5. The molecule has 4 heteroatoms. The van der Waals surface area contributed by atoms with E-state index in [-0.39, 0.29) is 18.3 Å². The minimum Gasteiger partial charge on any atom is -0.462 e. The zero-order valence-electron chi connectivity index (χ0n) is 10.3. The van der Waals surface area contributed by atoms with Crippen LogP contribution < -0.4 is 0 Å². The molecule has 0 aliphatic heterocycles. The third-order valence-electron chi connectivity index (χ3n) is 2.32. The van der Waals surface area contributed by atoms with Crippen molar-refractivity contribution in [1.82, 2.24) is 0 Å². The molecule has 0 amide bonds. The molecule has 0 N–H and O–H groups in total. The first-order chi connectivity index (χ1) is 8.08. The van der Waals surface area contributed by atoms with Gasteiger partial charge in [-0.2, -0.15) is 0 Å². The zero-order valence-corrected chi connectivity index (χ0v) is 10.3. The second-order valence-electron chi connectivity index (χ2n) is 3.59. The molecule has 0 spiro atoms. The van der Waals surface area contributed by atoms with Crippen molar-refractivity contribution in [3.8, 4) is 0 Å². The maximum atomic E-state index is 13.4. The van der Waals surface area contributed by atoms with Crippen LogP contribution in [0.2, 0.25) is 0 Å². The smallest absolute Gasteiger partial charge is 0.338 e. The molecular formula is C13H17FO3. The third kappa shape index (κ3) is 3.82. The molecule has 3 nitrogen and oxygen atoms in total. The SMILES string of the molecule is CCOC(=O)c1cc(F)cc([C@@H](C)OCC)c1. The molecule has 0 aliphatic carbocycles. The molecule has 0 heterocycles. The normalized spacial score (nSPS) is 12.2. The minimum absolute atomic E-state index is 0.216. The first kappa shape index (κ1) is 13.6. The molecule has 0 unspecified atom stereocenters. The lowest BCUT2D eigenvalue weighted by Crippen LogP contribution is -2.07. The summed E-state index contributed by atoms with van der Waals surface area (Å²) in [5.41, 5.74) is 0.850. The van der Waals surface area contributed by atoms with Gasteiger partial charge in [0, 0.05) is 6.61 Å². The summed E-state index contributed by atoms with van der Waals surface area (Å²) in [5.74, 6) is -0.978. The van der Waals surface area contributed by atoms with Crippen LogP contribution in [-0.4, -0.2) is 19.2 Å². The van der Waals surface area contributed by atoms with E-state index in [9.17, 15) is 9.18 Å². The molecule has 1 atom stereocenters. The molecule has 0 saturated carbocycles. The number of carbonyl (C=O) groups is 1. The Bertz CT molecular complexity index is 390. The van der Waals surface area contributed by atoms with Gasteiger partial charge >= 0.3 is 5.97 Å². The monoisotopic (exact) mass is 240 g/mol. The second kappa shape index (κ2) is 6.35. The van der Waals surface area contributed by atoms with Crippen LogP contribution in [0.15, 0.2) is 18.2 Å². The molecule has 1 rings (SSSR count). The van der Waals surface area contributed by atoms with E-state index in [0.29, 0.717) is 12.2 Å². The molecule has 1 aromatic carbocycles. The lowest BCUT2D eigenvalue weighted by Gasteiger charge is -2.13. The van der Waals surface area contributed by atoms with Gasteiger partial charge in [0.15, 0.2) is 0 Å². The third-order valence-corrected chi connectivity index (χ3v) is 2.32. The maximum absolute atomic E-state index is 13.4. The largest absolute Gasteiger partial charge is 0.462 e. The van der Waals surface area contributed by atoms with E-state index in [1.807, 2.05) is 13.8 Å². The molecule has 0 radical (unpaired) electrons. The number of esters is 1. The maximum Gasteiger partial charge on any atom is 0.338 e. The fourth-order valence-electron chi connectivity index (χ4n) is 1.53. The van der Waals surface area contributed by atoms with E-state index in [2.05, 4.69) is 0 Å². The number of carbonyl (C=O) groups excluding carboxylic acids is 1. The average molecular weight is 240 g/mol. The number of hydrogen-bond acceptors (Lipinski definition) is 3. The molecule has 0 aliphatic rings. The summed E-state index contributed by atoms with van der Waals surface area (Å²) in [5, 5.41) is 0. The van der Waals surface area contributed by atoms with E-state index >= 15 is 0 Å². The lowest BCUT2D eigenvalue weighted by molar-refractivity contribution is 0.0524. The molecule has 94 valence electrons. The van der Waals surface area contributed by atoms with Crippen molar-refractivity contribution in [3.05, 3.63) is 35.1 Å². The van der Waals surface area contributed by atoms with Gasteiger partial charge < -0.3 is 9.47 Å². The van der Waals surface area contributed by atoms with Crippen molar-refractivity contribution in [3.63, 3.8) is 0 Å². The Labute approximate surface area is 101 Å². The highest BCUT2D eigenvalue weighted by atomic mass is 19.1. The predicted molar refractivity (Wildman–Crippen MR) is 62.4 cm³/mol. The summed E-state index contributed by atoms with van der Waals surface area (Å²) in [6.07, 6.45) is -0.246. The van der Waals surface area contributed by atoms with Crippen LogP contribution in [-0.2, 0) is 9.47 Å². The van der Waals surface area contributed by atoms with Gasteiger partial charge in [0.1, 0.15) is 5.82 Å². The van der Waals surface area contributed by atoms with Gasteiger partial charge in [-0.05, 0) is 44.5 Å². The van der Waals surface area contributed by atoms with Gasteiger partial charge in [0.25, 0.3) is 0 Å². The molecule has 0 fully saturated rings. The van der Waals surface area contributed by atoms with Crippen molar-refractivity contribution >= 4 is 5.97 Å². The average Bonchev–Trinajstić information content (AvgIpc) is 2.29. The standard InChI is InChI=1S/C13H17FO3/c1-4-16-9(3)10-6-11(8-12(14)7-10)13(15)17-5-2/h6-9H,4-5H2,1-3H3/t9-/m1/s1. The Morgan fingerprint density at radius 1 is 1.29 bits per heavy atom. The summed E-state index contributed by atoms with van der Waals surface area (Å²) in [7, 11) is 0. The zero-order chi connectivity index (χ0) is 12.8. The topological polar surface area (TPSA) is 35.5 Å². The Balaban J connectivity index is 2.97. The number of hydrogen-bond donors (Lipinski definition) is 0. The Kier molecular flexibility index (Phi) is 5.10. The van der Waals surface area contributed by atoms with Crippen molar-refractivity contribution in [2.75, 3.05) is 13.2 Å². The van der Waals surface area contributed by atoms with E-state index in [1.54, 1.807) is 13.0 Å². The Hall–Kier alpha value is -1.42. The van der Waals surface area contributed by atoms with E-state index in [1.165, 1.54) is 12.1 Å². The summed E-state index contributed by atoms with van der Waals surface area (Å²) >= 11 is 0. The fraction of sp³-hybridized carbons (Fsp3) is 0.462. The lowest BCUT2D eigenvalue weighted by atomic mass is 10.1. The second-order valence-corrected chi connectivity index (χ2v) is 3.59. The van der Waals surface area contributed by atoms with Gasteiger partial charge in [-0.15, -0.1) is 0 Å². The Morgan fingerprint density at radius 2 is 2.00 bits per heavy atom. The van der Waals surface area contributed by atoms with Crippen molar-refractivity contribution in [2.24, 2.45) is 0 Å². The summed E-state index contributed by atoms with van der Waals surface area (Å²) < 4.78 is 23.6. The molecular weight excluding hydrogens is 223 g/mol. The number of halogens is 1. The molecule has 0 bridgehead atoms. The van der Waals surface area contributed by atoms with Gasteiger partial charge in [-0.3, -0.25) is 0 Å². The Morgan fingerprint density at radius 3 is 2.59 bits per heavy atom. The van der Waals surface area contributed by atoms with Crippen molar-refractivity contribution in [2.45, 2.75) is 26.9 Å². The van der Waals surface area contributed by atoms with E-state index in [4.69, 9.17) is 9.47 Å². The van der Waals surface area contributed by atoms with Crippen molar-refractivity contribution in [1.29, 1.82) is 0 Å². The number of benzene rings is 1. The molecule has 0 aromatic heterocycles. The van der Waals surface area contributed by atoms with Gasteiger partial charge in [0.2, 0.25) is 0 Å². The highest BCUT2D eigenvalue weighted by Gasteiger charge is 2.13. The van der Waals surface area contributed by atoms with Crippen LogP contribution in [0.4, 0.5) is 4.39 Å².